The molecular formula is C23H28N4O2. The Kier molecular flexibility index (Phi) is 6.65. The number of imidazole rings is 1. The predicted octanol–water partition coefficient (Wildman–Crippen LogP) is 3.69. The maximum absolute atomic E-state index is 12.7. The van der Waals surface area contributed by atoms with Crippen molar-refractivity contribution in [2.45, 2.75) is 40.2 Å². The smallest absolute Gasteiger partial charge is 0.244 e. The highest BCUT2D eigenvalue weighted by Gasteiger charge is 2.14. The first-order valence-electron chi connectivity index (χ1n) is 10.0. The molecule has 0 saturated carbocycles. The number of rotatable bonds is 8. The molecule has 2 amide bonds. The number of hydrogen-bond donors (Lipinski definition) is 2. The van der Waals surface area contributed by atoms with Crippen LogP contribution in [0.2, 0.25) is 0 Å². The molecule has 3 rings (SSSR count). The van der Waals surface area contributed by atoms with E-state index in [0.717, 1.165) is 34.5 Å². The number of carbonyl (C=O) groups excluding carboxylic acids is 2. The van der Waals surface area contributed by atoms with Crippen molar-refractivity contribution in [3.63, 3.8) is 0 Å². The number of nitrogens with zero attached hydrogens (tertiary/aromatic N) is 2. The lowest BCUT2D eigenvalue weighted by atomic mass is 10.2. The molecule has 6 heteroatoms. The zero-order valence-electron chi connectivity index (χ0n) is 17.2. The fraction of sp³-hybridized carbons (Fsp3) is 0.348. The van der Waals surface area contributed by atoms with E-state index in [9.17, 15) is 9.59 Å². The average molecular weight is 393 g/mol. The summed E-state index contributed by atoms with van der Waals surface area (Å²) in [4.78, 5) is 29.1. The molecule has 0 unspecified atom stereocenters. The van der Waals surface area contributed by atoms with Crippen LogP contribution in [0.15, 0.2) is 48.5 Å². The third-order valence-electron chi connectivity index (χ3n) is 4.86. The van der Waals surface area contributed by atoms with Gasteiger partial charge in [0.15, 0.2) is 0 Å². The van der Waals surface area contributed by atoms with Gasteiger partial charge >= 0.3 is 0 Å². The second kappa shape index (κ2) is 9.37. The zero-order valence-corrected chi connectivity index (χ0v) is 17.2. The van der Waals surface area contributed by atoms with Crippen LogP contribution in [-0.2, 0) is 22.6 Å². The fourth-order valence-corrected chi connectivity index (χ4v) is 3.20. The van der Waals surface area contributed by atoms with E-state index < -0.39 is 0 Å². The summed E-state index contributed by atoms with van der Waals surface area (Å²) in [6.45, 7) is 6.51. The van der Waals surface area contributed by atoms with Gasteiger partial charge in [0.25, 0.3) is 0 Å². The maximum Gasteiger partial charge on any atom is 0.244 e. The molecule has 0 radical (unpaired) electrons. The first kappa shape index (κ1) is 20.6. The Hall–Kier alpha value is -3.15. The van der Waals surface area contributed by atoms with Gasteiger partial charge in [0.05, 0.1) is 11.0 Å². The van der Waals surface area contributed by atoms with Gasteiger partial charge in [-0.2, -0.15) is 0 Å². The Morgan fingerprint density at radius 3 is 2.55 bits per heavy atom. The third kappa shape index (κ3) is 5.22. The van der Waals surface area contributed by atoms with Crippen LogP contribution < -0.4 is 10.6 Å². The molecule has 6 nitrogen and oxygen atoms in total. The Morgan fingerprint density at radius 1 is 1.07 bits per heavy atom. The van der Waals surface area contributed by atoms with Crippen molar-refractivity contribution in [2.75, 3.05) is 11.9 Å². The molecule has 2 N–H and O–H groups in total. The van der Waals surface area contributed by atoms with Gasteiger partial charge in [0, 0.05) is 24.6 Å². The molecule has 1 aromatic heterocycles. The Bertz CT molecular complexity index is 1010. The summed E-state index contributed by atoms with van der Waals surface area (Å²) in [5.41, 5.74) is 3.66. The largest absolute Gasteiger partial charge is 0.356 e. The average Bonchev–Trinajstić information content (AvgIpc) is 3.04. The Morgan fingerprint density at radius 2 is 1.79 bits per heavy atom. The van der Waals surface area contributed by atoms with Gasteiger partial charge in [-0.1, -0.05) is 44.2 Å². The van der Waals surface area contributed by atoms with E-state index in [-0.39, 0.29) is 24.3 Å². The minimum absolute atomic E-state index is 0.0234. The molecule has 2 aromatic carbocycles. The van der Waals surface area contributed by atoms with Crippen LogP contribution in [0.1, 0.15) is 31.7 Å². The normalized spacial score (nSPS) is 11.0. The number of fused-ring (bicyclic) bond motifs is 1. The highest BCUT2D eigenvalue weighted by molar-refractivity contribution is 5.92. The molecule has 0 atom stereocenters. The van der Waals surface area contributed by atoms with Gasteiger partial charge in [0.1, 0.15) is 12.4 Å². The number of anilines is 1. The predicted molar refractivity (Wildman–Crippen MR) is 116 cm³/mol. The molecule has 152 valence electrons. The van der Waals surface area contributed by atoms with Crippen LogP contribution in [0.3, 0.4) is 0 Å². The van der Waals surface area contributed by atoms with Gasteiger partial charge < -0.3 is 15.2 Å². The number of para-hydroxylation sites is 3. The molecule has 29 heavy (non-hydrogen) atoms. The minimum Gasteiger partial charge on any atom is -0.356 e. The number of benzene rings is 2. The number of aromatic nitrogens is 2. The van der Waals surface area contributed by atoms with Crippen LogP contribution >= 0.6 is 0 Å². The van der Waals surface area contributed by atoms with E-state index in [1.54, 1.807) is 0 Å². The molecule has 0 spiro atoms. The fourth-order valence-electron chi connectivity index (χ4n) is 3.20. The minimum atomic E-state index is -0.0863. The van der Waals surface area contributed by atoms with Crippen LogP contribution in [0, 0.1) is 12.8 Å². The Labute approximate surface area is 171 Å². The standard InChI is InChI=1S/C23H28N4O2/c1-16(2)23(29)24-14-8-13-21-25-19-11-6-7-12-20(19)27(21)15-22(28)26-18-10-5-4-9-17(18)3/h4-7,9-12,16H,8,13-15H2,1-3H3,(H,24,29)(H,26,28). The van der Waals surface area contributed by atoms with Crippen molar-refractivity contribution < 1.29 is 9.59 Å². The lowest BCUT2D eigenvalue weighted by molar-refractivity contribution is -0.124. The van der Waals surface area contributed by atoms with Crippen molar-refractivity contribution in [1.29, 1.82) is 0 Å². The highest BCUT2D eigenvalue weighted by atomic mass is 16.2. The van der Waals surface area contributed by atoms with E-state index in [2.05, 4.69) is 10.6 Å². The molecule has 0 fully saturated rings. The summed E-state index contributed by atoms with van der Waals surface area (Å²) in [6.07, 6.45) is 1.45. The van der Waals surface area contributed by atoms with Gasteiger partial charge in [-0.3, -0.25) is 9.59 Å². The molecule has 0 saturated heterocycles. The summed E-state index contributed by atoms with van der Waals surface area (Å²) < 4.78 is 1.97. The van der Waals surface area contributed by atoms with Crippen molar-refractivity contribution in [2.24, 2.45) is 5.92 Å². The topological polar surface area (TPSA) is 76.0 Å². The maximum atomic E-state index is 12.7. The second-order valence-electron chi connectivity index (χ2n) is 7.52. The van der Waals surface area contributed by atoms with Crippen LogP contribution in [-0.4, -0.2) is 27.9 Å². The van der Waals surface area contributed by atoms with E-state index in [1.807, 2.05) is 73.9 Å². The first-order valence-corrected chi connectivity index (χ1v) is 10.0. The number of amides is 2. The number of nitrogens with one attached hydrogen (secondary N) is 2. The van der Waals surface area contributed by atoms with Gasteiger partial charge in [0.2, 0.25) is 11.8 Å². The number of aryl methyl sites for hydroxylation is 2. The summed E-state index contributed by atoms with van der Waals surface area (Å²) in [6, 6.07) is 15.6. The van der Waals surface area contributed by atoms with Crippen LogP contribution in [0.25, 0.3) is 11.0 Å². The molecular weight excluding hydrogens is 364 g/mol. The summed E-state index contributed by atoms with van der Waals surface area (Å²) >= 11 is 0. The lowest BCUT2D eigenvalue weighted by Crippen LogP contribution is -2.29. The molecule has 0 aliphatic heterocycles. The second-order valence-corrected chi connectivity index (χ2v) is 7.52. The molecule has 3 aromatic rings. The van der Waals surface area contributed by atoms with E-state index in [4.69, 9.17) is 4.98 Å². The zero-order chi connectivity index (χ0) is 20.8. The van der Waals surface area contributed by atoms with Gasteiger partial charge in [-0.05, 0) is 37.1 Å². The van der Waals surface area contributed by atoms with E-state index in [1.165, 1.54) is 0 Å². The van der Waals surface area contributed by atoms with Crippen molar-refractivity contribution in [1.82, 2.24) is 14.9 Å². The van der Waals surface area contributed by atoms with Crippen LogP contribution in [0.5, 0.6) is 0 Å². The van der Waals surface area contributed by atoms with Crippen molar-refractivity contribution >= 4 is 28.5 Å². The monoisotopic (exact) mass is 392 g/mol. The number of carbonyl (C=O) groups is 2. The molecule has 1 heterocycles. The summed E-state index contributed by atoms with van der Waals surface area (Å²) in [7, 11) is 0. The van der Waals surface area contributed by atoms with Crippen molar-refractivity contribution in [3.8, 4) is 0 Å². The third-order valence-corrected chi connectivity index (χ3v) is 4.86. The van der Waals surface area contributed by atoms with E-state index >= 15 is 0 Å². The Balaban J connectivity index is 1.72. The summed E-state index contributed by atoms with van der Waals surface area (Å²) in [5, 5.41) is 5.92. The molecule has 0 aliphatic rings. The van der Waals surface area contributed by atoms with E-state index in [0.29, 0.717) is 13.0 Å². The summed E-state index contributed by atoms with van der Waals surface area (Å²) in [5.74, 6) is 0.794. The SMILES string of the molecule is Cc1ccccc1NC(=O)Cn1c(CCCNC(=O)C(C)C)nc2ccccc21. The quantitative estimate of drug-likeness (QED) is 0.574. The number of hydrogen-bond acceptors (Lipinski definition) is 3. The molecule has 0 aliphatic carbocycles. The first-order chi connectivity index (χ1) is 14.0. The van der Waals surface area contributed by atoms with Gasteiger partial charge in [-0.25, -0.2) is 4.98 Å². The van der Waals surface area contributed by atoms with Crippen LogP contribution in [0.4, 0.5) is 5.69 Å². The highest BCUT2D eigenvalue weighted by Crippen LogP contribution is 2.18. The van der Waals surface area contributed by atoms with Crippen molar-refractivity contribution in [3.05, 3.63) is 59.9 Å². The molecule has 0 bridgehead atoms. The van der Waals surface area contributed by atoms with Gasteiger partial charge in [-0.15, -0.1) is 0 Å². The lowest BCUT2D eigenvalue weighted by Gasteiger charge is -2.12.